The van der Waals surface area contributed by atoms with Gasteiger partial charge in [-0.2, -0.15) is 0 Å². The summed E-state index contributed by atoms with van der Waals surface area (Å²) >= 11 is 1.30. The lowest BCUT2D eigenvalue weighted by Crippen LogP contribution is -2.35. The van der Waals surface area contributed by atoms with Crippen molar-refractivity contribution in [2.75, 3.05) is 20.3 Å². The second kappa shape index (κ2) is 9.15. The lowest BCUT2D eigenvalue weighted by molar-refractivity contribution is 0.0670. The number of nitrogens with zero attached hydrogens (tertiary/aromatic N) is 3. The lowest BCUT2D eigenvalue weighted by Gasteiger charge is -2.21. The fourth-order valence-corrected chi connectivity index (χ4v) is 3.90. The SMILES string of the molecule is COCCN(Cc1nc2ccccc2c(=O)[nH]1)C(=O)c1csc(-c2ccc(F)cc2)n1. The van der Waals surface area contributed by atoms with Crippen LogP contribution in [0.4, 0.5) is 4.39 Å². The molecule has 1 N–H and O–H groups in total. The molecule has 4 aromatic rings. The van der Waals surface area contributed by atoms with E-state index < -0.39 is 0 Å². The Kier molecular flexibility index (Phi) is 6.15. The van der Waals surface area contributed by atoms with Crippen molar-refractivity contribution in [3.63, 3.8) is 0 Å². The molecule has 0 bridgehead atoms. The molecular formula is C22H19FN4O3S. The zero-order valence-electron chi connectivity index (χ0n) is 16.7. The number of benzene rings is 2. The third-order valence-electron chi connectivity index (χ3n) is 4.67. The number of methoxy groups -OCH3 is 1. The maximum Gasteiger partial charge on any atom is 0.273 e. The molecule has 0 unspecified atom stereocenters. The fourth-order valence-electron chi connectivity index (χ4n) is 3.10. The zero-order chi connectivity index (χ0) is 21.8. The molecule has 7 nitrogen and oxygen atoms in total. The smallest absolute Gasteiger partial charge is 0.273 e. The minimum Gasteiger partial charge on any atom is -0.383 e. The molecule has 0 aliphatic heterocycles. The van der Waals surface area contributed by atoms with Crippen molar-refractivity contribution in [1.29, 1.82) is 0 Å². The third-order valence-corrected chi connectivity index (χ3v) is 5.56. The highest BCUT2D eigenvalue weighted by Gasteiger charge is 2.21. The average molecular weight is 438 g/mol. The Bertz CT molecular complexity index is 1270. The Morgan fingerprint density at radius 2 is 1.94 bits per heavy atom. The van der Waals surface area contributed by atoms with Crippen LogP contribution in [-0.2, 0) is 11.3 Å². The Morgan fingerprint density at radius 1 is 1.16 bits per heavy atom. The summed E-state index contributed by atoms with van der Waals surface area (Å²) in [4.78, 5) is 38.7. The predicted octanol–water partition coefficient (Wildman–Crippen LogP) is 3.47. The molecule has 31 heavy (non-hydrogen) atoms. The van der Waals surface area contributed by atoms with E-state index in [4.69, 9.17) is 4.74 Å². The quantitative estimate of drug-likeness (QED) is 0.477. The van der Waals surface area contributed by atoms with Crippen LogP contribution in [0.25, 0.3) is 21.5 Å². The number of hydrogen-bond acceptors (Lipinski definition) is 6. The summed E-state index contributed by atoms with van der Waals surface area (Å²) in [5.41, 5.74) is 1.30. The van der Waals surface area contributed by atoms with E-state index in [-0.39, 0.29) is 29.5 Å². The van der Waals surface area contributed by atoms with Gasteiger partial charge in [0.25, 0.3) is 11.5 Å². The molecule has 2 aromatic heterocycles. The number of carbonyl (C=O) groups is 1. The molecule has 1 amide bonds. The molecule has 4 rings (SSSR count). The van der Waals surface area contributed by atoms with Crippen molar-refractivity contribution in [2.45, 2.75) is 6.54 Å². The summed E-state index contributed by atoms with van der Waals surface area (Å²) in [5.74, 6) is -0.265. The number of para-hydroxylation sites is 1. The van der Waals surface area contributed by atoms with Crippen LogP contribution in [0.1, 0.15) is 16.3 Å². The van der Waals surface area contributed by atoms with Gasteiger partial charge < -0.3 is 14.6 Å². The Morgan fingerprint density at radius 3 is 2.71 bits per heavy atom. The second-order valence-corrected chi connectivity index (χ2v) is 7.65. The number of amides is 1. The maximum absolute atomic E-state index is 13.2. The van der Waals surface area contributed by atoms with Gasteiger partial charge in [-0.3, -0.25) is 9.59 Å². The first-order valence-electron chi connectivity index (χ1n) is 9.53. The molecule has 0 atom stereocenters. The van der Waals surface area contributed by atoms with Crippen molar-refractivity contribution in [2.24, 2.45) is 0 Å². The van der Waals surface area contributed by atoms with Gasteiger partial charge in [-0.05, 0) is 36.4 Å². The minimum atomic E-state index is -0.334. The normalized spacial score (nSPS) is 11.0. The largest absolute Gasteiger partial charge is 0.383 e. The van der Waals surface area contributed by atoms with Gasteiger partial charge in [0.15, 0.2) is 0 Å². The predicted molar refractivity (Wildman–Crippen MR) is 116 cm³/mol. The summed E-state index contributed by atoms with van der Waals surface area (Å²) in [6.45, 7) is 0.722. The second-order valence-electron chi connectivity index (χ2n) is 6.79. The number of nitrogens with one attached hydrogen (secondary N) is 1. The summed E-state index contributed by atoms with van der Waals surface area (Å²) < 4.78 is 18.3. The standard InChI is InChI=1S/C22H19FN4O3S/c1-30-11-10-27(12-19-24-17-5-3-2-4-16(17)20(28)26-19)22(29)18-13-31-21(25-18)14-6-8-15(23)9-7-14/h2-9,13H,10-12H2,1H3,(H,24,26,28). The van der Waals surface area contributed by atoms with E-state index in [1.54, 1.807) is 48.9 Å². The molecule has 0 aliphatic rings. The number of thiazole rings is 1. The van der Waals surface area contributed by atoms with Crippen molar-refractivity contribution in [1.82, 2.24) is 19.9 Å². The molecule has 9 heteroatoms. The van der Waals surface area contributed by atoms with E-state index in [1.807, 2.05) is 0 Å². The fraction of sp³-hybridized carbons (Fsp3) is 0.182. The Balaban J connectivity index is 1.60. The van der Waals surface area contributed by atoms with Gasteiger partial charge in [0.1, 0.15) is 22.3 Å². The summed E-state index contributed by atoms with van der Waals surface area (Å²) in [6, 6.07) is 13.0. The molecular weight excluding hydrogens is 419 g/mol. The number of H-pyrrole nitrogens is 1. The highest BCUT2D eigenvalue weighted by molar-refractivity contribution is 7.13. The average Bonchev–Trinajstić information content (AvgIpc) is 3.27. The molecule has 0 spiro atoms. The first-order valence-corrected chi connectivity index (χ1v) is 10.4. The summed E-state index contributed by atoms with van der Waals surface area (Å²) in [6.07, 6.45) is 0. The van der Waals surface area contributed by atoms with Gasteiger partial charge in [0, 0.05) is 24.6 Å². The number of fused-ring (bicyclic) bond motifs is 1. The van der Waals surface area contributed by atoms with E-state index >= 15 is 0 Å². The molecule has 0 saturated carbocycles. The van der Waals surface area contributed by atoms with Gasteiger partial charge in [0.2, 0.25) is 0 Å². The van der Waals surface area contributed by atoms with Gasteiger partial charge >= 0.3 is 0 Å². The molecule has 2 aromatic carbocycles. The maximum atomic E-state index is 13.2. The van der Waals surface area contributed by atoms with Crippen molar-refractivity contribution in [3.8, 4) is 10.6 Å². The minimum absolute atomic E-state index is 0.103. The van der Waals surface area contributed by atoms with Gasteiger partial charge in [-0.15, -0.1) is 11.3 Å². The van der Waals surface area contributed by atoms with E-state index in [0.717, 1.165) is 5.56 Å². The molecule has 158 valence electrons. The number of rotatable bonds is 7. The van der Waals surface area contributed by atoms with E-state index in [9.17, 15) is 14.0 Å². The number of hydrogen-bond donors (Lipinski definition) is 1. The van der Waals surface area contributed by atoms with Crippen LogP contribution in [0.15, 0.2) is 58.7 Å². The van der Waals surface area contributed by atoms with Crippen molar-refractivity contribution in [3.05, 3.63) is 81.6 Å². The molecule has 0 saturated heterocycles. The van der Waals surface area contributed by atoms with Crippen LogP contribution in [0.3, 0.4) is 0 Å². The highest BCUT2D eigenvalue weighted by atomic mass is 32.1. The number of ether oxygens (including phenoxy) is 1. The number of aromatic nitrogens is 3. The van der Waals surface area contributed by atoms with Crippen molar-refractivity contribution < 1.29 is 13.9 Å². The summed E-state index contributed by atoms with van der Waals surface area (Å²) in [7, 11) is 1.55. The topological polar surface area (TPSA) is 88.2 Å². The number of halogens is 1. The lowest BCUT2D eigenvalue weighted by atomic mass is 10.2. The van der Waals surface area contributed by atoms with Gasteiger partial charge in [0.05, 0.1) is 24.1 Å². The first-order chi connectivity index (χ1) is 15.0. The van der Waals surface area contributed by atoms with Crippen molar-refractivity contribution >= 4 is 28.1 Å². The molecule has 0 aliphatic carbocycles. The van der Waals surface area contributed by atoms with E-state index in [0.29, 0.717) is 34.9 Å². The Hall–Kier alpha value is -3.43. The highest BCUT2D eigenvalue weighted by Crippen LogP contribution is 2.24. The monoisotopic (exact) mass is 438 g/mol. The molecule has 0 fully saturated rings. The van der Waals surface area contributed by atoms with E-state index in [1.165, 1.54) is 28.4 Å². The van der Waals surface area contributed by atoms with Crippen LogP contribution >= 0.6 is 11.3 Å². The first kappa shape index (κ1) is 20.8. The van der Waals surface area contributed by atoms with Gasteiger partial charge in [-0.25, -0.2) is 14.4 Å². The molecule has 0 radical (unpaired) electrons. The summed E-state index contributed by atoms with van der Waals surface area (Å²) in [5, 5.41) is 2.77. The van der Waals surface area contributed by atoms with Crippen LogP contribution in [0, 0.1) is 5.82 Å². The third kappa shape index (κ3) is 4.68. The zero-order valence-corrected chi connectivity index (χ0v) is 17.5. The van der Waals surface area contributed by atoms with Crippen LogP contribution in [-0.4, -0.2) is 46.0 Å². The van der Waals surface area contributed by atoms with Crippen LogP contribution < -0.4 is 5.56 Å². The van der Waals surface area contributed by atoms with Gasteiger partial charge in [-0.1, -0.05) is 12.1 Å². The molecule has 2 heterocycles. The van der Waals surface area contributed by atoms with Crippen LogP contribution in [0.2, 0.25) is 0 Å². The number of aromatic amines is 1. The van der Waals surface area contributed by atoms with Crippen LogP contribution in [0.5, 0.6) is 0 Å². The Labute approximate surface area is 181 Å². The van der Waals surface area contributed by atoms with E-state index in [2.05, 4.69) is 15.0 Å². The number of carbonyl (C=O) groups excluding carboxylic acids is 1.